The Morgan fingerprint density at radius 2 is 2.05 bits per heavy atom. The summed E-state index contributed by atoms with van der Waals surface area (Å²) >= 11 is 5.94. The largest absolute Gasteiger partial charge is 0.424 e. The third-order valence-corrected chi connectivity index (χ3v) is 2.78. The molecule has 21 heavy (non-hydrogen) atoms. The van der Waals surface area contributed by atoms with Gasteiger partial charge >= 0.3 is 6.01 Å². The summed E-state index contributed by atoms with van der Waals surface area (Å²) in [6.07, 6.45) is 0.980. The van der Waals surface area contributed by atoms with Gasteiger partial charge in [0.2, 0.25) is 11.9 Å². The highest BCUT2D eigenvalue weighted by molar-refractivity contribution is 6.30. The van der Waals surface area contributed by atoms with E-state index in [0.29, 0.717) is 22.7 Å². The maximum Gasteiger partial charge on any atom is 0.328 e. The molecule has 0 saturated heterocycles. The molecule has 2 aromatic rings. The normalized spacial score (nSPS) is 10.3. The van der Waals surface area contributed by atoms with Crippen molar-refractivity contribution in [2.24, 2.45) is 0 Å². The molecule has 112 valence electrons. The topological polar surface area (TPSA) is 63.2 Å². The van der Waals surface area contributed by atoms with E-state index < -0.39 is 0 Å². The van der Waals surface area contributed by atoms with Gasteiger partial charge in [-0.3, -0.25) is 0 Å². The minimum Gasteiger partial charge on any atom is -0.424 e. The van der Waals surface area contributed by atoms with Gasteiger partial charge < -0.3 is 15.0 Å². The predicted molar refractivity (Wildman–Crippen MR) is 84.5 cm³/mol. The van der Waals surface area contributed by atoms with Gasteiger partial charge in [0.25, 0.3) is 0 Å². The molecule has 1 aromatic heterocycles. The monoisotopic (exact) mass is 307 g/mol. The fourth-order valence-corrected chi connectivity index (χ4v) is 1.72. The van der Waals surface area contributed by atoms with Crippen LogP contribution in [-0.4, -0.2) is 35.6 Å². The van der Waals surface area contributed by atoms with Crippen molar-refractivity contribution in [2.75, 3.05) is 30.9 Å². The molecule has 0 aliphatic heterocycles. The Morgan fingerprint density at radius 1 is 1.24 bits per heavy atom. The minimum atomic E-state index is 0.231. The summed E-state index contributed by atoms with van der Waals surface area (Å²) in [7, 11) is 3.73. The van der Waals surface area contributed by atoms with Gasteiger partial charge in [-0.25, -0.2) is 0 Å². The molecule has 0 bridgehead atoms. The average molecular weight is 308 g/mol. The smallest absolute Gasteiger partial charge is 0.328 e. The van der Waals surface area contributed by atoms with Crippen molar-refractivity contribution in [3.63, 3.8) is 0 Å². The number of aromatic nitrogens is 3. The first-order chi connectivity index (χ1) is 10.1. The zero-order valence-corrected chi connectivity index (χ0v) is 13.1. The first-order valence-electron chi connectivity index (χ1n) is 6.69. The van der Waals surface area contributed by atoms with Gasteiger partial charge in [-0.05, 0) is 24.6 Å². The highest BCUT2D eigenvalue weighted by Crippen LogP contribution is 2.23. The Kier molecular flexibility index (Phi) is 5.16. The van der Waals surface area contributed by atoms with Crippen LogP contribution in [0.25, 0.3) is 0 Å². The Labute approximate surface area is 129 Å². The second-order valence-corrected chi connectivity index (χ2v) is 5.06. The van der Waals surface area contributed by atoms with Gasteiger partial charge in [0.1, 0.15) is 5.75 Å². The van der Waals surface area contributed by atoms with E-state index in [-0.39, 0.29) is 6.01 Å². The number of anilines is 2. The lowest BCUT2D eigenvalue weighted by atomic mass is 10.3. The summed E-state index contributed by atoms with van der Waals surface area (Å²) in [5, 5.41) is 3.73. The van der Waals surface area contributed by atoms with Crippen LogP contribution in [0.15, 0.2) is 24.3 Å². The van der Waals surface area contributed by atoms with Crippen molar-refractivity contribution in [3.05, 3.63) is 29.3 Å². The first-order valence-corrected chi connectivity index (χ1v) is 7.07. The zero-order valence-electron chi connectivity index (χ0n) is 12.3. The van der Waals surface area contributed by atoms with Crippen molar-refractivity contribution in [1.82, 2.24) is 15.0 Å². The highest BCUT2D eigenvalue weighted by Gasteiger charge is 2.10. The van der Waals surface area contributed by atoms with Crippen molar-refractivity contribution >= 4 is 23.5 Å². The highest BCUT2D eigenvalue weighted by atomic mass is 35.5. The zero-order chi connectivity index (χ0) is 15.2. The van der Waals surface area contributed by atoms with Crippen molar-refractivity contribution in [3.8, 4) is 11.8 Å². The second-order valence-electron chi connectivity index (χ2n) is 4.62. The average Bonchev–Trinajstić information content (AvgIpc) is 2.45. The van der Waals surface area contributed by atoms with Gasteiger partial charge in [-0.15, -0.1) is 0 Å². The van der Waals surface area contributed by atoms with Crippen LogP contribution in [0, 0.1) is 0 Å². The molecule has 0 atom stereocenters. The summed E-state index contributed by atoms with van der Waals surface area (Å²) in [4.78, 5) is 14.6. The first kappa shape index (κ1) is 15.3. The molecule has 6 nitrogen and oxygen atoms in total. The Hall–Kier alpha value is -2.08. The molecule has 0 unspecified atom stereocenters. The van der Waals surface area contributed by atoms with E-state index in [1.807, 2.05) is 20.2 Å². The molecule has 1 aromatic carbocycles. The Bertz CT molecular complexity index is 606. The molecule has 1 N–H and O–H groups in total. The van der Waals surface area contributed by atoms with Gasteiger partial charge in [0.15, 0.2) is 0 Å². The molecule has 0 amide bonds. The summed E-state index contributed by atoms with van der Waals surface area (Å²) in [6.45, 7) is 2.86. The molecular weight excluding hydrogens is 290 g/mol. The Morgan fingerprint density at radius 3 is 2.71 bits per heavy atom. The van der Waals surface area contributed by atoms with Gasteiger partial charge in [0.05, 0.1) is 0 Å². The minimum absolute atomic E-state index is 0.231. The van der Waals surface area contributed by atoms with Crippen LogP contribution in [0.4, 0.5) is 11.9 Å². The number of hydrogen-bond donors (Lipinski definition) is 1. The van der Waals surface area contributed by atoms with Crippen LogP contribution in [0.3, 0.4) is 0 Å². The van der Waals surface area contributed by atoms with Crippen LogP contribution in [0.2, 0.25) is 5.02 Å². The van der Waals surface area contributed by atoms with Crippen LogP contribution in [0.5, 0.6) is 11.8 Å². The maximum absolute atomic E-state index is 5.94. The van der Waals surface area contributed by atoms with Gasteiger partial charge in [-0.1, -0.05) is 24.6 Å². The number of nitrogens with one attached hydrogen (secondary N) is 1. The molecule has 0 spiro atoms. The van der Waals surface area contributed by atoms with E-state index >= 15 is 0 Å². The third-order valence-electron chi connectivity index (χ3n) is 2.54. The summed E-state index contributed by atoms with van der Waals surface area (Å²) in [5.41, 5.74) is 0. The van der Waals surface area contributed by atoms with Crippen LogP contribution in [0.1, 0.15) is 13.3 Å². The fourth-order valence-electron chi connectivity index (χ4n) is 1.54. The van der Waals surface area contributed by atoms with E-state index in [0.717, 1.165) is 13.0 Å². The Balaban J connectivity index is 2.26. The van der Waals surface area contributed by atoms with Crippen molar-refractivity contribution in [1.29, 1.82) is 0 Å². The van der Waals surface area contributed by atoms with E-state index in [2.05, 4.69) is 27.2 Å². The van der Waals surface area contributed by atoms with Gasteiger partial charge in [-0.2, -0.15) is 15.0 Å². The van der Waals surface area contributed by atoms with Crippen LogP contribution in [-0.2, 0) is 0 Å². The van der Waals surface area contributed by atoms with Gasteiger partial charge in [0, 0.05) is 25.7 Å². The van der Waals surface area contributed by atoms with E-state index in [1.54, 1.807) is 23.1 Å². The standard InChI is InChI=1S/C14H18ClN5O/c1-4-8-16-12-17-13(20(2)3)19-14(18-12)21-11-7-5-6-10(15)9-11/h5-7,9H,4,8H2,1-3H3,(H,16,17,18,19). The summed E-state index contributed by atoms with van der Waals surface area (Å²) in [5.74, 6) is 1.60. The maximum atomic E-state index is 5.94. The second kappa shape index (κ2) is 7.08. The molecular formula is C14H18ClN5O. The third kappa shape index (κ3) is 4.46. The molecule has 0 fully saturated rings. The van der Waals surface area contributed by atoms with E-state index in [4.69, 9.17) is 16.3 Å². The molecule has 0 aliphatic carbocycles. The van der Waals surface area contributed by atoms with E-state index in [1.165, 1.54) is 0 Å². The van der Waals surface area contributed by atoms with Crippen LogP contribution >= 0.6 is 11.6 Å². The lowest BCUT2D eigenvalue weighted by molar-refractivity contribution is 0.440. The molecule has 0 saturated carbocycles. The number of hydrogen-bond acceptors (Lipinski definition) is 6. The van der Waals surface area contributed by atoms with Crippen molar-refractivity contribution in [2.45, 2.75) is 13.3 Å². The number of nitrogens with zero attached hydrogens (tertiary/aromatic N) is 4. The number of benzene rings is 1. The molecule has 7 heteroatoms. The number of ether oxygens (including phenoxy) is 1. The molecule has 0 radical (unpaired) electrons. The quantitative estimate of drug-likeness (QED) is 0.884. The van der Waals surface area contributed by atoms with Crippen LogP contribution < -0.4 is 15.0 Å². The molecule has 2 rings (SSSR count). The predicted octanol–water partition coefficient (Wildman–Crippen LogP) is 3.21. The summed E-state index contributed by atoms with van der Waals surface area (Å²) < 4.78 is 5.66. The lowest BCUT2D eigenvalue weighted by Gasteiger charge is -2.13. The molecule has 1 heterocycles. The summed E-state index contributed by atoms with van der Waals surface area (Å²) in [6, 6.07) is 7.32. The SMILES string of the molecule is CCCNc1nc(Oc2cccc(Cl)c2)nc(N(C)C)n1. The van der Waals surface area contributed by atoms with Crippen molar-refractivity contribution < 1.29 is 4.74 Å². The fraction of sp³-hybridized carbons (Fsp3) is 0.357. The van der Waals surface area contributed by atoms with E-state index in [9.17, 15) is 0 Å². The number of rotatable bonds is 6. The lowest BCUT2D eigenvalue weighted by Crippen LogP contribution is -2.16. The molecule has 0 aliphatic rings. The number of halogens is 1.